The van der Waals surface area contributed by atoms with Crippen molar-refractivity contribution < 1.29 is 13.5 Å². The lowest BCUT2D eigenvalue weighted by molar-refractivity contribution is 0.120. The van der Waals surface area contributed by atoms with Gasteiger partial charge in [-0.3, -0.25) is 4.98 Å². The SMILES string of the molecule is CCOCc1nc2c(N)nc3cc(-c4ccc(F)nc4)cnc3c2n1CC(C)(C)F. The Hall–Kier alpha value is -3.20. The number of rotatable bonds is 6. The van der Waals surface area contributed by atoms with E-state index in [2.05, 4.69) is 19.9 Å². The van der Waals surface area contributed by atoms with Crippen molar-refractivity contribution in [3.63, 3.8) is 0 Å². The minimum atomic E-state index is -1.49. The van der Waals surface area contributed by atoms with Crippen LogP contribution in [0.2, 0.25) is 0 Å². The quantitative estimate of drug-likeness (QED) is 0.481. The number of hydrogen-bond donors (Lipinski definition) is 1. The predicted octanol–water partition coefficient (Wildman–Crippen LogP) is 4.05. The summed E-state index contributed by atoms with van der Waals surface area (Å²) < 4.78 is 35.0. The Morgan fingerprint density at radius 3 is 2.53 bits per heavy atom. The smallest absolute Gasteiger partial charge is 0.212 e. The van der Waals surface area contributed by atoms with Gasteiger partial charge < -0.3 is 15.0 Å². The van der Waals surface area contributed by atoms with Crippen LogP contribution in [0.25, 0.3) is 33.2 Å². The monoisotopic (exact) mass is 412 g/mol. The van der Waals surface area contributed by atoms with Crippen molar-refractivity contribution >= 4 is 27.9 Å². The van der Waals surface area contributed by atoms with E-state index >= 15 is 0 Å². The fourth-order valence-corrected chi connectivity index (χ4v) is 3.38. The molecule has 0 unspecified atom stereocenters. The van der Waals surface area contributed by atoms with Crippen LogP contribution < -0.4 is 5.73 Å². The number of nitrogens with two attached hydrogens (primary N) is 1. The van der Waals surface area contributed by atoms with Crippen LogP contribution in [0.5, 0.6) is 0 Å². The lowest BCUT2D eigenvalue weighted by Crippen LogP contribution is -2.22. The number of fused-ring (bicyclic) bond motifs is 3. The first-order chi connectivity index (χ1) is 14.3. The molecule has 156 valence electrons. The second-order valence-electron chi connectivity index (χ2n) is 7.63. The largest absolute Gasteiger partial charge is 0.382 e. The van der Waals surface area contributed by atoms with E-state index in [0.717, 1.165) is 0 Å². The van der Waals surface area contributed by atoms with Crippen molar-refractivity contribution in [2.45, 2.75) is 39.6 Å². The number of imidazole rings is 1. The van der Waals surface area contributed by atoms with Gasteiger partial charge in [0.25, 0.3) is 0 Å². The molecule has 4 aromatic heterocycles. The molecule has 0 aliphatic heterocycles. The second kappa shape index (κ2) is 7.56. The van der Waals surface area contributed by atoms with Gasteiger partial charge in [0, 0.05) is 30.1 Å². The normalized spacial score (nSPS) is 12.2. The average molecular weight is 412 g/mol. The van der Waals surface area contributed by atoms with Crippen LogP contribution in [-0.2, 0) is 17.9 Å². The number of anilines is 1. The molecule has 0 aromatic carbocycles. The second-order valence-corrected chi connectivity index (χ2v) is 7.63. The lowest BCUT2D eigenvalue weighted by Gasteiger charge is -2.18. The molecule has 30 heavy (non-hydrogen) atoms. The van der Waals surface area contributed by atoms with Crippen LogP contribution in [-0.4, -0.2) is 36.8 Å². The van der Waals surface area contributed by atoms with Crippen LogP contribution in [0.3, 0.4) is 0 Å². The Kier molecular flexibility index (Phi) is 5.07. The predicted molar refractivity (Wildman–Crippen MR) is 111 cm³/mol. The summed E-state index contributed by atoms with van der Waals surface area (Å²) in [6.45, 7) is 5.68. The lowest BCUT2D eigenvalue weighted by atomic mass is 10.1. The van der Waals surface area contributed by atoms with Gasteiger partial charge in [-0.05, 0) is 39.0 Å². The Balaban J connectivity index is 1.94. The highest BCUT2D eigenvalue weighted by molar-refractivity contribution is 6.05. The molecule has 9 heteroatoms. The Morgan fingerprint density at radius 1 is 1.10 bits per heavy atom. The first-order valence-corrected chi connectivity index (χ1v) is 9.60. The van der Waals surface area contributed by atoms with E-state index in [4.69, 9.17) is 10.5 Å². The maximum Gasteiger partial charge on any atom is 0.212 e. The summed E-state index contributed by atoms with van der Waals surface area (Å²) >= 11 is 0. The number of hydrogen-bond acceptors (Lipinski definition) is 6. The summed E-state index contributed by atoms with van der Waals surface area (Å²) in [5.74, 6) is 0.227. The number of aromatic nitrogens is 5. The average Bonchev–Trinajstić information content (AvgIpc) is 3.04. The first-order valence-electron chi connectivity index (χ1n) is 9.60. The number of pyridine rings is 3. The number of halogens is 2. The summed E-state index contributed by atoms with van der Waals surface area (Å²) in [7, 11) is 0. The van der Waals surface area contributed by atoms with Gasteiger partial charge in [0.2, 0.25) is 5.95 Å². The number of ether oxygens (including phenoxy) is 1. The third-order valence-electron chi connectivity index (χ3n) is 4.65. The van der Waals surface area contributed by atoms with E-state index in [1.807, 2.05) is 6.92 Å². The highest BCUT2D eigenvalue weighted by Crippen LogP contribution is 2.31. The summed E-state index contributed by atoms with van der Waals surface area (Å²) in [6.07, 6.45) is 3.07. The molecule has 0 amide bonds. The topological polar surface area (TPSA) is 91.7 Å². The fraction of sp³-hybridized carbons (Fsp3) is 0.333. The molecule has 0 spiro atoms. The molecule has 0 fully saturated rings. The summed E-state index contributed by atoms with van der Waals surface area (Å²) in [5.41, 5.74) is 8.28. The fourth-order valence-electron chi connectivity index (χ4n) is 3.38. The summed E-state index contributed by atoms with van der Waals surface area (Å²) in [5, 5.41) is 0. The zero-order valence-electron chi connectivity index (χ0n) is 17.0. The van der Waals surface area contributed by atoms with Gasteiger partial charge in [-0.15, -0.1) is 0 Å². The van der Waals surface area contributed by atoms with E-state index in [1.54, 1.807) is 22.9 Å². The van der Waals surface area contributed by atoms with Gasteiger partial charge in [0.15, 0.2) is 5.82 Å². The van der Waals surface area contributed by atoms with Crippen LogP contribution in [0, 0.1) is 5.95 Å². The first kappa shape index (κ1) is 20.1. The van der Waals surface area contributed by atoms with Crippen molar-refractivity contribution in [1.29, 1.82) is 0 Å². The van der Waals surface area contributed by atoms with Crippen LogP contribution in [0.1, 0.15) is 26.6 Å². The Bertz CT molecular complexity index is 1210. The molecule has 0 saturated carbocycles. The highest BCUT2D eigenvalue weighted by Gasteiger charge is 2.24. The summed E-state index contributed by atoms with van der Waals surface area (Å²) in [4.78, 5) is 17.3. The number of nitrogens with zero attached hydrogens (tertiary/aromatic N) is 5. The zero-order chi connectivity index (χ0) is 21.5. The molecule has 0 aliphatic carbocycles. The maximum absolute atomic E-state index is 14.6. The molecule has 7 nitrogen and oxygen atoms in total. The Morgan fingerprint density at radius 2 is 1.87 bits per heavy atom. The standard InChI is InChI=1S/C21H22F2N6O/c1-4-30-10-16-28-18-19(29(16)11-21(2,3)23)17-14(27-20(18)24)7-13(9-26-17)12-5-6-15(22)25-8-12/h5-9H,4,10-11H2,1-3H3,(H2,24,27). The molecule has 2 N–H and O–H groups in total. The summed E-state index contributed by atoms with van der Waals surface area (Å²) in [6, 6.07) is 4.69. The Labute approximate surface area is 171 Å². The molecule has 4 rings (SSSR count). The van der Waals surface area contributed by atoms with Crippen molar-refractivity contribution in [3.8, 4) is 11.1 Å². The van der Waals surface area contributed by atoms with Crippen molar-refractivity contribution in [3.05, 3.63) is 42.4 Å². The third kappa shape index (κ3) is 3.80. The molecular weight excluding hydrogens is 390 g/mol. The molecule has 0 bridgehead atoms. The van der Waals surface area contributed by atoms with Crippen molar-refractivity contribution in [2.24, 2.45) is 0 Å². The van der Waals surface area contributed by atoms with Gasteiger partial charge in [-0.1, -0.05) is 0 Å². The van der Waals surface area contributed by atoms with Gasteiger partial charge in [0.05, 0.1) is 12.1 Å². The highest BCUT2D eigenvalue weighted by atomic mass is 19.1. The molecule has 4 heterocycles. The van der Waals surface area contributed by atoms with E-state index in [9.17, 15) is 8.78 Å². The van der Waals surface area contributed by atoms with E-state index < -0.39 is 11.6 Å². The molecule has 0 atom stereocenters. The van der Waals surface area contributed by atoms with Gasteiger partial charge >= 0.3 is 0 Å². The minimum Gasteiger partial charge on any atom is -0.382 e. The van der Waals surface area contributed by atoms with Crippen molar-refractivity contribution in [2.75, 3.05) is 12.3 Å². The van der Waals surface area contributed by atoms with E-state index in [1.165, 1.54) is 26.1 Å². The molecule has 0 aliphatic rings. The third-order valence-corrected chi connectivity index (χ3v) is 4.65. The van der Waals surface area contributed by atoms with E-state index in [0.29, 0.717) is 45.6 Å². The van der Waals surface area contributed by atoms with E-state index in [-0.39, 0.29) is 19.0 Å². The van der Waals surface area contributed by atoms with Gasteiger partial charge in [-0.25, -0.2) is 19.3 Å². The maximum atomic E-state index is 14.6. The zero-order valence-corrected chi connectivity index (χ0v) is 17.0. The van der Waals surface area contributed by atoms with Crippen LogP contribution >= 0.6 is 0 Å². The molecular formula is C21H22F2N6O. The minimum absolute atomic E-state index is 0.0653. The molecule has 4 aromatic rings. The number of nitrogen functional groups attached to an aromatic ring is 1. The van der Waals surface area contributed by atoms with Gasteiger partial charge in [-0.2, -0.15) is 4.39 Å². The van der Waals surface area contributed by atoms with Gasteiger partial charge in [0.1, 0.15) is 34.7 Å². The molecule has 0 radical (unpaired) electrons. The van der Waals surface area contributed by atoms with Crippen LogP contribution in [0.15, 0.2) is 30.6 Å². The molecule has 0 saturated heterocycles. The van der Waals surface area contributed by atoms with Crippen LogP contribution in [0.4, 0.5) is 14.6 Å². The van der Waals surface area contributed by atoms with Crippen molar-refractivity contribution in [1.82, 2.24) is 24.5 Å². The number of alkyl halides is 1.